The van der Waals surface area contributed by atoms with E-state index in [0.717, 1.165) is 22.3 Å². The van der Waals surface area contributed by atoms with Crippen LogP contribution in [0.1, 0.15) is 34.1 Å². The number of carbonyl (C=O) groups is 1. The lowest BCUT2D eigenvalue weighted by molar-refractivity contribution is -0.131. The summed E-state index contributed by atoms with van der Waals surface area (Å²) >= 11 is 1.47. The number of para-hydroxylation sites is 1. The second-order valence-corrected chi connectivity index (χ2v) is 7.98. The lowest BCUT2D eigenvalue weighted by Gasteiger charge is -2.26. The molecule has 0 fully saturated rings. The van der Waals surface area contributed by atoms with Crippen molar-refractivity contribution in [3.05, 3.63) is 36.0 Å². The summed E-state index contributed by atoms with van der Waals surface area (Å²) in [4.78, 5) is 18.9. The first-order valence-electron chi connectivity index (χ1n) is 8.40. The fourth-order valence-corrected chi connectivity index (χ4v) is 3.85. The van der Waals surface area contributed by atoms with Crippen LogP contribution in [0.4, 0.5) is 0 Å². The van der Waals surface area contributed by atoms with Gasteiger partial charge in [0.2, 0.25) is 0 Å². The molecular formula is C19H24N2O2S. The van der Waals surface area contributed by atoms with Gasteiger partial charge in [-0.15, -0.1) is 0 Å². The van der Waals surface area contributed by atoms with E-state index in [9.17, 15) is 4.79 Å². The number of allylic oxidation sites excluding steroid dienone is 2. The predicted octanol–water partition coefficient (Wildman–Crippen LogP) is 4.47. The smallest absolute Gasteiger partial charge is 0.274 e. The topological polar surface area (TPSA) is 42.4 Å². The lowest BCUT2D eigenvalue weighted by atomic mass is 9.82. The highest BCUT2D eigenvalue weighted by Crippen LogP contribution is 2.42. The van der Waals surface area contributed by atoms with E-state index in [-0.39, 0.29) is 17.9 Å². The fourth-order valence-electron chi connectivity index (χ4n) is 3.04. The molecule has 0 radical (unpaired) electrons. The number of carbonyl (C=O) groups excluding carboxylic acids is 1. The van der Waals surface area contributed by atoms with Crippen molar-refractivity contribution in [1.82, 2.24) is 9.88 Å². The second kappa shape index (κ2) is 6.55. The lowest BCUT2D eigenvalue weighted by Crippen LogP contribution is -2.34. The van der Waals surface area contributed by atoms with Crippen LogP contribution in [0.3, 0.4) is 0 Å². The van der Waals surface area contributed by atoms with Crippen molar-refractivity contribution >= 4 is 27.5 Å². The van der Waals surface area contributed by atoms with E-state index in [1.54, 1.807) is 0 Å². The predicted molar refractivity (Wildman–Crippen MR) is 98.1 cm³/mol. The third kappa shape index (κ3) is 3.31. The number of hydrogen-bond donors (Lipinski definition) is 0. The Morgan fingerprint density at radius 3 is 2.79 bits per heavy atom. The van der Waals surface area contributed by atoms with Crippen molar-refractivity contribution in [2.75, 3.05) is 13.2 Å². The van der Waals surface area contributed by atoms with Gasteiger partial charge in [0.25, 0.3) is 11.1 Å². The van der Waals surface area contributed by atoms with Crippen molar-refractivity contribution in [2.45, 2.75) is 34.1 Å². The molecule has 5 heteroatoms. The minimum absolute atomic E-state index is 0.00657. The Labute approximate surface area is 147 Å². The maximum absolute atomic E-state index is 12.6. The summed E-state index contributed by atoms with van der Waals surface area (Å²) in [5, 5.41) is 0.551. The van der Waals surface area contributed by atoms with Crippen molar-refractivity contribution in [3.8, 4) is 5.19 Å². The summed E-state index contributed by atoms with van der Waals surface area (Å²) in [6.45, 7) is 9.40. The van der Waals surface area contributed by atoms with Crippen LogP contribution in [0.15, 0.2) is 36.0 Å². The van der Waals surface area contributed by atoms with Gasteiger partial charge in [-0.3, -0.25) is 4.79 Å². The molecule has 1 heterocycles. The average molecular weight is 344 g/mol. The van der Waals surface area contributed by atoms with E-state index in [2.05, 4.69) is 31.8 Å². The van der Waals surface area contributed by atoms with Crippen molar-refractivity contribution in [2.24, 2.45) is 11.3 Å². The molecule has 24 heavy (non-hydrogen) atoms. The summed E-state index contributed by atoms with van der Waals surface area (Å²) in [5.74, 6) is 0.465. The summed E-state index contributed by atoms with van der Waals surface area (Å²) in [7, 11) is 0. The van der Waals surface area contributed by atoms with Crippen LogP contribution in [0.25, 0.3) is 10.2 Å². The van der Waals surface area contributed by atoms with E-state index < -0.39 is 0 Å². The molecule has 0 saturated heterocycles. The Hall–Kier alpha value is -1.88. The normalized spacial score (nSPS) is 19.3. The standard InChI is InChI=1S/C19H24N2O2S/c1-5-21(14-10-13(2)19(3,4)11-14)17(22)12-23-18-20-15-8-6-7-9-16(15)24-18/h6-10,13H,5,11-12H2,1-4H3. The molecule has 1 aliphatic rings. The van der Waals surface area contributed by atoms with Gasteiger partial charge in [-0.05, 0) is 36.8 Å². The van der Waals surface area contributed by atoms with E-state index >= 15 is 0 Å². The van der Waals surface area contributed by atoms with Gasteiger partial charge in [-0.1, -0.05) is 50.3 Å². The van der Waals surface area contributed by atoms with Gasteiger partial charge in [-0.25, -0.2) is 4.98 Å². The molecule has 0 aliphatic heterocycles. The number of rotatable bonds is 5. The van der Waals surface area contributed by atoms with Crippen molar-refractivity contribution in [3.63, 3.8) is 0 Å². The number of thiazole rings is 1. The zero-order chi connectivity index (χ0) is 17.3. The molecule has 0 saturated carbocycles. The fraction of sp³-hybridized carbons (Fsp3) is 0.474. The molecule has 0 bridgehead atoms. The number of fused-ring (bicyclic) bond motifs is 1. The quantitative estimate of drug-likeness (QED) is 0.803. The van der Waals surface area contributed by atoms with Gasteiger partial charge in [0.15, 0.2) is 6.61 Å². The molecule has 1 unspecified atom stereocenters. The van der Waals surface area contributed by atoms with Crippen molar-refractivity contribution < 1.29 is 9.53 Å². The van der Waals surface area contributed by atoms with Gasteiger partial charge in [0.1, 0.15) is 0 Å². The maximum Gasteiger partial charge on any atom is 0.274 e. The number of benzene rings is 1. The van der Waals surface area contributed by atoms with Gasteiger partial charge < -0.3 is 9.64 Å². The van der Waals surface area contributed by atoms with E-state index in [4.69, 9.17) is 4.74 Å². The first kappa shape index (κ1) is 17.0. The Bertz CT molecular complexity index is 746. The van der Waals surface area contributed by atoms with Crippen LogP contribution in [-0.2, 0) is 4.79 Å². The monoisotopic (exact) mass is 344 g/mol. The highest BCUT2D eigenvalue weighted by Gasteiger charge is 2.34. The molecule has 0 N–H and O–H groups in total. The first-order valence-corrected chi connectivity index (χ1v) is 9.22. The van der Waals surface area contributed by atoms with Crippen molar-refractivity contribution in [1.29, 1.82) is 0 Å². The zero-order valence-electron chi connectivity index (χ0n) is 14.7. The summed E-state index contributed by atoms with van der Waals surface area (Å²) in [6, 6.07) is 7.88. The number of amides is 1. The molecule has 128 valence electrons. The van der Waals surface area contributed by atoms with E-state index in [0.29, 0.717) is 17.7 Å². The molecule has 1 aromatic carbocycles. The van der Waals surface area contributed by atoms with Crippen LogP contribution in [0.5, 0.6) is 5.19 Å². The third-order valence-corrected chi connectivity index (χ3v) is 5.82. The molecule has 1 aliphatic carbocycles. The average Bonchev–Trinajstić information content (AvgIpc) is 3.06. The van der Waals surface area contributed by atoms with Gasteiger partial charge in [0.05, 0.1) is 10.2 Å². The Kier molecular flexibility index (Phi) is 4.63. The summed E-state index contributed by atoms with van der Waals surface area (Å²) in [5.41, 5.74) is 2.23. The molecule has 1 aromatic heterocycles. The molecular weight excluding hydrogens is 320 g/mol. The summed E-state index contributed by atoms with van der Waals surface area (Å²) < 4.78 is 6.73. The number of aromatic nitrogens is 1. The number of ether oxygens (including phenoxy) is 1. The largest absolute Gasteiger partial charge is 0.460 e. The second-order valence-electron chi connectivity index (χ2n) is 6.99. The highest BCUT2D eigenvalue weighted by molar-refractivity contribution is 7.20. The first-order chi connectivity index (χ1) is 11.4. The van der Waals surface area contributed by atoms with Crippen LogP contribution in [0.2, 0.25) is 0 Å². The highest BCUT2D eigenvalue weighted by atomic mass is 32.1. The Morgan fingerprint density at radius 1 is 1.42 bits per heavy atom. The Morgan fingerprint density at radius 2 is 2.17 bits per heavy atom. The van der Waals surface area contributed by atoms with Crippen LogP contribution < -0.4 is 4.74 Å². The van der Waals surface area contributed by atoms with E-state index in [1.807, 2.05) is 36.1 Å². The van der Waals surface area contributed by atoms with Crippen LogP contribution in [-0.4, -0.2) is 28.9 Å². The van der Waals surface area contributed by atoms with Gasteiger partial charge in [0, 0.05) is 12.2 Å². The third-order valence-electron chi connectivity index (χ3n) is 4.87. The zero-order valence-corrected chi connectivity index (χ0v) is 15.5. The molecule has 1 amide bonds. The van der Waals surface area contributed by atoms with E-state index in [1.165, 1.54) is 11.3 Å². The molecule has 2 aromatic rings. The number of nitrogens with zero attached hydrogens (tertiary/aromatic N) is 2. The molecule has 1 atom stereocenters. The minimum Gasteiger partial charge on any atom is -0.460 e. The van der Waals surface area contributed by atoms with Gasteiger partial charge in [-0.2, -0.15) is 0 Å². The SMILES string of the molecule is CCN(C(=O)COc1nc2ccccc2s1)C1=CC(C)C(C)(C)C1. The van der Waals surface area contributed by atoms with Crippen LogP contribution in [0, 0.1) is 11.3 Å². The van der Waals surface area contributed by atoms with Gasteiger partial charge >= 0.3 is 0 Å². The number of likely N-dealkylation sites (N-methyl/N-ethyl adjacent to an activating group) is 1. The molecule has 3 rings (SSSR count). The summed E-state index contributed by atoms with van der Waals surface area (Å²) in [6.07, 6.45) is 3.15. The molecule has 0 spiro atoms. The maximum atomic E-state index is 12.6. The molecule has 4 nitrogen and oxygen atoms in total. The minimum atomic E-state index is -0.00657. The number of hydrogen-bond acceptors (Lipinski definition) is 4. The Balaban J connectivity index is 1.66. The van der Waals surface area contributed by atoms with Crippen LogP contribution >= 0.6 is 11.3 Å².